The molecule has 0 unspecified atom stereocenters. The number of carboxylic acid groups (broad SMARTS) is 1. The van der Waals surface area contributed by atoms with Crippen LogP contribution < -0.4 is 0 Å². The van der Waals surface area contributed by atoms with Gasteiger partial charge in [-0.15, -0.1) is 0 Å². The summed E-state index contributed by atoms with van der Waals surface area (Å²) in [5.41, 5.74) is -0.508. The predicted octanol–water partition coefficient (Wildman–Crippen LogP) is 2.11. The maximum absolute atomic E-state index is 11.3. The van der Waals surface area contributed by atoms with Gasteiger partial charge in [-0.2, -0.15) is 5.10 Å². The van der Waals surface area contributed by atoms with Crippen molar-refractivity contribution in [1.82, 2.24) is 14.7 Å². The number of nitrogens with zero attached hydrogens (tertiary/aromatic N) is 3. The SMILES string of the molecule is CCC1(C(=O)O)CCN(CCn2cc(Cl)cn2)CC1. The molecule has 1 fully saturated rings. The summed E-state index contributed by atoms with van der Waals surface area (Å²) in [6.45, 7) is 5.33. The highest BCUT2D eigenvalue weighted by molar-refractivity contribution is 6.30. The quantitative estimate of drug-likeness (QED) is 0.900. The number of hydrogen-bond donors (Lipinski definition) is 1. The van der Waals surface area contributed by atoms with E-state index in [1.165, 1.54) is 0 Å². The summed E-state index contributed by atoms with van der Waals surface area (Å²) < 4.78 is 1.82. The third kappa shape index (κ3) is 3.28. The number of aromatic nitrogens is 2. The highest BCUT2D eigenvalue weighted by Crippen LogP contribution is 2.34. The maximum atomic E-state index is 11.3. The third-order valence-corrected chi connectivity index (χ3v) is 4.39. The Morgan fingerprint density at radius 1 is 1.47 bits per heavy atom. The van der Waals surface area contributed by atoms with Gasteiger partial charge in [0, 0.05) is 12.7 Å². The van der Waals surface area contributed by atoms with E-state index in [0.29, 0.717) is 11.4 Å². The second-order valence-corrected chi connectivity index (χ2v) is 5.64. The number of rotatable bonds is 5. The second kappa shape index (κ2) is 5.92. The van der Waals surface area contributed by atoms with Crippen LogP contribution in [0.25, 0.3) is 0 Å². The fraction of sp³-hybridized carbons (Fsp3) is 0.692. The van der Waals surface area contributed by atoms with Crippen LogP contribution in [0.5, 0.6) is 0 Å². The van der Waals surface area contributed by atoms with Gasteiger partial charge in [0.15, 0.2) is 0 Å². The van der Waals surface area contributed by atoms with E-state index in [9.17, 15) is 9.90 Å². The van der Waals surface area contributed by atoms with Crippen LogP contribution in [-0.4, -0.2) is 45.4 Å². The van der Waals surface area contributed by atoms with E-state index in [1.807, 2.05) is 11.6 Å². The van der Waals surface area contributed by atoms with E-state index in [4.69, 9.17) is 11.6 Å². The molecule has 1 aromatic heterocycles. The Hall–Kier alpha value is -1.07. The fourth-order valence-corrected chi connectivity index (χ4v) is 2.78. The lowest BCUT2D eigenvalue weighted by Crippen LogP contribution is -2.44. The first-order valence-corrected chi connectivity index (χ1v) is 7.07. The largest absolute Gasteiger partial charge is 0.481 e. The molecule has 0 atom stereocenters. The van der Waals surface area contributed by atoms with Crippen molar-refractivity contribution < 1.29 is 9.90 Å². The van der Waals surface area contributed by atoms with Gasteiger partial charge in [0.05, 0.1) is 23.2 Å². The van der Waals surface area contributed by atoms with Crippen molar-refractivity contribution in [1.29, 1.82) is 0 Å². The number of piperidine rings is 1. The summed E-state index contributed by atoms with van der Waals surface area (Å²) in [7, 11) is 0. The molecule has 106 valence electrons. The van der Waals surface area contributed by atoms with Crippen LogP contribution in [0.1, 0.15) is 26.2 Å². The van der Waals surface area contributed by atoms with Gasteiger partial charge >= 0.3 is 5.97 Å². The number of halogens is 1. The molecule has 0 aromatic carbocycles. The van der Waals surface area contributed by atoms with Crippen molar-refractivity contribution in [3.63, 3.8) is 0 Å². The Labute approximate surface area is 118 Å². The molecule has 0 bridgehead atoms. The topological polar surface area (TPSA) is 58.4 Å². The molecule has 1 N–H and O–H groups in total. The molecule has 1 aliphatic rings. The molecule has 2 heterocycles. The van der Waals surface area contributed by atoms with Crippen LogP contribution in [0.4, 0.5) is 0 Å². The molecular formula is C13H20ClN3O2. The average Bonchev–Trinajstić information content (AvgIpc) is 2.82. The summed E-state index contributed by atoms with van der Waals surface area (Å²) in [5.74, 6) is -0.645. The van der Waals surface area contributed by atoms with Crippen molar-refractivity contribution in [2.24, 2.45) is 5.41 Å². The molecule has 0 amide bonds. The zero-order valence-electron chi connectivity index (χ0n) is 11.2. The minimum atomic E-state index is -0.645. The summed E-state index contributed by atoms with van der Waals surface area (Å²) in [6, 6.07) is 0. The van der Waals surface area contributed by atoms with Gasteiger partial charge in [0.1, 0.15) is 0 Å². The van der Waals surface area contributed by atoms with Crippen LogP contribution in [0, 0.1) is 5.41 Å². The van der Waals surface area contributed by atoms with Gasteiger partial charge < -0.3 is 10.0 Å². The molecule has 19 heavy (non-hydrogen) atoms. The van der Waals surface area contributed by atoms with Crippen LogP contribution in [0.2, 0.25) is 5.02 Å². The van der Waals surface area contributed by atoms with Crippen molar-refractivity contribution in [2.75, 3.05) is 19.6 Å². The number of carboxylic acids is 1. The third-order valence-electron chi connectivity index (χ3n) is 4.19. The molecule has 1 aliphatic heterocycles. The number of carbonyl (C=O) groups is 1. The van der Waals surface area contributed by atoms with E-state index >= 15 is 0 Å². The Morgan fingerprint density at radius 3 is 2.63 bits per heavy atom. The number of likely N-dealkylation sites (tertiary alicyclic amines) is 1. The van der Waals surface area contributed by atoms with E-state index in [2.05, 4.69) is 10.00 Å². The van der Waals surface area contributed by atoms with Gasteiger partial charge in [-0.25, -0.2) is 0 Å². The van der Waals surface area contributed by atoms with Crippen LogP contribution in [0.3, 0.4) is 0 Å². The van der Waals surface area contributed by atoms with E-state index < -0.39 is 11.4 Å². The molecule has 0 saturated carbocycles. The van der Waals surface area contributed by atoms with Crippen molar-refractivity contribution in [2.45, 2.75) is 32.7 Å². The van der Waals surface area contributed by atoms with E-state index in [-0.39, 0.29) is 0 Å². The highest BCUT2D eigenvalue weighted by Gasteiger charge is 2.39. The summed E-state index contributed by atoms with van der Waals surface area (Å²) >= 11 is 5.81. The molecule has 5 nitrogen and oxygen atoms in total. The van der Waals surface area contributed by atoms with Crippen LogP contribution >= 0.6 is 11.6 Å². The van der Waals surface area contributed by atoms with Crippen molar-refractivity contribution >= 4 is 17.6 Å². The molecule has 2 rings (SSSR count). The first-order chi connectivity index (χ1) is 9.05. The van der Waals surface area contributed by atoms with Crippen LogP contribution in [-0.2, 0) is 11.3 Å². The fourth-order valence-electron chi connectivity index (χ4n) is 2.63. The first kappa shape index (κ1) is 14.3. The van der Waals surface area contributed by atoms with E-state index in [0.717, 1.165) is 39.0 Å². The molecule has 0 spiro atoms. The zero-order chi connectivity index (χ0) is 13.9. The lowest BCUT2D eigenvalue weighted by Gasteiger charge is -2.38. The molecule has 1 aromatic rings. The van der Waals surface area contributed by atoms with Gasteiger partial charge in [0.2, 0.25) is 0 Å². The molecular weight excluding hydrogens is 266 g/mol. The molecule has 1 saturated heterocycles. The normalized spacial score (nSPS) is 19.5. The van der Waals surface area contributed by atoms with Gasteiger partial charge in [-0.05, 0) is 32.4 Å². The molecule has 6 heteroatoms. The maximum Gasteiger partial charge on any atom is 0.309 e. The predicted molar refractivity (Wildman–Crippen MR) is 73.3 cm³/mol. The average molecular weight is 286 g/mol. The monoisotopic (exact) mass is 285 g/mol. The highest BCUT2D eigenvalue weighted by atomic mass is 35.5. The minimum absolute atomic E-state index is 0.508. The summed E-state index contributed by atoms with van der Waals surface area (Å²) in [4.78, 5) is 13.6. The Kier molecular flexibility index (Phi) is 4.47. The Balaban J connectivity index is 1.82. The standard InChI is InChI=1S/C13H20ClN3O2/c1-2-13(12(18)19)3-5-16(6-4-13)7-8-17-10-11(14)9-15-17/h9-10H,2-8H2,1H3,(H,18,19). The summed E-state index contributed by atoms with van der Waals surface area (Å²) in [6.07, 6.45) is 5.62. The smallest absolute Gasteiger partial charge is 0.309 e. The van der Waals surface area contributed by atoms with Gasteiger partial charge in [0.25, 0.3) is 0 Å². The second-order valence-electron chi connectivity index (χ2n) is 5.20. The Morgan fingerprint density at radius 2 is 2.16 bits per heavy atom. The van der Waals surface area contributed by atoms with Gasteiger partial charge in [-0.3, -0.25) is 9.48 Å². The summed E-state index contributed by atoms with van der Waals surface area (Å²) in [5, 5.41) is 14.1. The zero-order valence-corrected chi connectivity index (χ0v) is 11.9. The van der Waals surface area contributed by atoms with Crippen molar-refractivity contribution in [3.8, 4) is 0 Å². The lowest BCUT2D eigenvalue weighted by molar-refractivity contribution is -0.152. The first-order valence-electron chi connectivity index (χ1n) is 6.69. The minimum Gasteiger partial charge on any atom is -0.481 e. The molecule has 0 aliphatic carbocycles. The van der Waals surface area contributed by atoms with Crippen molar-refractivity contribution in [3.05, 3.63) is 17.4 Å². The van der Waals surface area contributed by atoms with Gasteiger partial charge in [-0.1, -0.05) is 18.5 Å². The van der Waals surface area contributed by atoms with Crippen LogP contribution in [0.15, 0.2) is 12.4 Å². The number of aliphatic carboxylic acids is 1. The van der Waals surface area contributed by atoms with E-state index in [1.54, 1.807) is 12.4 Å². The number of hydrogen-bond acceptors (Lipinski definition) is 3. The molecule has 0 radical (unpaired) electrons. The lowest BCUT2D eigenvalue weighted by atomic mass is 9.76. The Bertz CT molecular complexity index is 439.